The van der Waals surface area contributed by atoms with Gasteiger partial charge in [0.1, 0.15) is 5.82 Å². The number of rotatable bonds is 10. The number of unbranched alkanes of at least 4 members (excludes halogenated alkanes) is 1. The van der Waals surface area contributed by atoms with Crippen molar-refractivity contribution in [3.63, 3.8) is 0 Å². The van der Waals surface area contributed by atoms with Gasteiger partial charge >= 0.3 is 0 Å². The van der Waals surface area contributed by atoms with Crippen LogP contribution in [0.1, 0.15) is 31.4 Å². The fourth-order valence-electron chi connectivity index (χ4n) is 3.30. The van der Waals surface area contributed by atoms with Crippen LogP contribution in [0, 0.1) is 0 Å². The highest BCUT2D eigenvalue weighted by molar-refractivity contribution is 8.00. The first kappa shape index (κ1) is 22.1. The van der Waals surface area contributed by atoms with Gasteiger partial charge in [-0.15, -0.1) is 26.6 Å². The minimum atomic E-state index is 0.632. The summed E-state index contributed by atoms with van der Waals surface area (Å²) in [5.74, 6) is 3.04. The number of nitrogens with zero attached hydrogens (tertiary/aromatic N) is 8. The molecule has 0 spiro atoms. The zero-order valence-electron chi connectivity index (χ0n) is 18.0. The summed E-state index contributed by atoms with van der Waals surface area (Å²) in [5, 5.41) is 22.0. The largest absolute Gasteiger partial charge is 0.273 e. The van der Waals surface area contributed by atoms with E-state index in [2.05, 4.69) is 55.4 Å². The average Bonchev–Trinajstić information content (AvgIpc) is 3.58. The molecule has 0 fully saturated rings. The number of hydrogen-bond donors (Lipinski definition) is 0. The second-order valence-electron chi connectivity index (χ2n) is 7.27. The molecule has 0 unspecified atom stereocenters. The minimum absolute atomic E-state index is 0.632. The third kappa shape index (κ3) is 5.10. The van der Waals surface area contributed by atoms with Gasteiger partial charge in [0, 0.05) is 12.2 Å². The molecule has 0 saturated heterocycles. The fraction of sp³-hybridized carbons (Fsp3) is 0.273. The number of hydrogen-bond acceptors (Lipinski definition) is 9. The first-order chi connectivity index (χ1) is 16.3. The molecule has 5 aromatic rings. The molecule has 11 heteroatoms. The quantitative estimate of drug-likeness (QED) is 0.243. The normalized spacial score (nSPS) is 11.4. The zero-order valence-corrected chi connectivity index (χ0v) is 20.5. The monoisotopic (exact) mass is 494 g/mol. The summed E-state index contributed by atoms with van der Waals surface area (Å²) in [4.78, 5) is 4.74. The smallest absolute Gasteiger partial charge is 0.196 e. The summed E-state index contributed by atoms with van der Waals surface area (Å²) in [6.07, 6.45) is 2.15. The highest BCUT2D eigenvalue weighted by Gasteiger charge is 2.17. The standard InChI is InChI=1S/C22H22N8S3/c1-2-3-13-29-19(25-27-28-29)14-31-21-26-24-20(30(21)16-9-5-4-6-10-16)15-32-22-23-17-11-7-8-12-18(17)33-22/h4-12H,2-3,13-15H2,1H3. The Hall–Kier alpha value is -2.76. The summed E-state index contributed by atoms with van der Waals surface area (Å²) in [7, 11) is 0. The zero-order chi connectivity index (χ0) is 22.5. The van der Waals surface area contributed by atoms with Crippen molar-refractivity contribution >= 4 is 45.1 Å². The van der Waals surface area contributed by atoms with E-state index in [9.17, 15) is 0 Å². The van der Waals surface area contributed by atoms with Gasteiger partial charge in [0.15, 0.2) is 15.3 Å². The number of aryl methyl sites for hydroxylation is 1. The van der Waals surface area contributed by atoms with E-state index < -0.39 is 0 Å². The molecular weight excluding hydrogens is 472 g/mol. The van der Waals surface area contributed by atoms with Crippen LogP contribution in [-0.2, 0) is 18.1 Å². The molecule has 0 radical (unpaired) electrons. The molecule has 3 heterocycles. The number of para-hydroxylation sites is 2. The van der Waals surface area contributed by atoms with Crippen molar-refractivity contribution in [1.82, 2.24) is 40.0 Å². The van der Waals surface area contributed by atoms with Gasteiger partial charge in [-0.2, -0.15) is 0 Å². The molecule has 168 valence electrons. The molecule has 0 saturated carbocycles. The minimum Gasteiger partial charge on any atom is -0.273 e. The average molecular weight is 495 g/mol. The van der Waals surface area contributed by atoms with Crippen LogP contribution in [-0.4, -0.2) is 40.0 Å². The third-order valence-corrected chi connectivity index (χ3v) is 8.07. The van der Waals surface area contributed by atoms with Gasteiger partial charge in [0.2, 0.25) is 0 Å². The van der Waals surface area contributed by atoms with E-state index in [0.717, 1.165) is 51.7 Å². The van der Waals surface area contributed by atoms with Gasteiger partial charge in [0.05, 0.1) is 21.7 Å². The molecule has 3 aromatic heterocycles. The van der Waals surface area contributed by atoms with Crippen molar-refractivity contribution in [2.75, 3.05) is 0 Å². The molecule has 2 aromatic carbocycles. The first-order valence-electron chi connectivity index (χ1n) is 10.7. The summed E-state index contributed by atoms with van der Waals surface area (Å²) in [5.41, 5.74) is 2.07. The number of thioether (sulfide) groups is 2. The highest BCUT2D eigenvalue weighted by Crippen LogP contribution is 2.33. The topological polar surface area (TPSA) is 87.2 Å². The van der Waals surface area contributed by atoms with Crippen molar-refractivity contribution in [1.29, 1.82) is 0 Å². The molecule has 0 atom stereocenters. The first-order valence-corrected chi connectivity index (χ1v) is 13.5. The molecular formula is C22H22N8S3. The molecule has 0 bridgehead atoms. The molecule has 0 aliphatic carbocycles. The van der Waals surface area contributed by atoms with Crippen LogP contribution in [0.4, 0.5) is 0 Å². The van der Waals surface area contributed by atoms with E-state index in [4.69, 9.17) is 4.98 Å². The molecule has 0 amide bonds. The summed E-state index contributed by atoms with van der Waals surface area (Å²) in [6, 6.07) is 18.4. The molecule has 33 heavy (non-hydrogen) atoms. The van der Waals surface area contributed by atoms with E-state index >= 15 is 0 Å². The van der Waals surface area contributed by atoms with Gasteiger partial charge in [0.25, 0.3) is 0 Å². The van der Waals surface area contributed by atoms with Gasteiger partial charge in [-0.25, -0.2) is 9.67 Å². The van der Waals surface area contributed by atoms with Crippen LogP contribution in [0.3, 0.4) is 0 Å². The van der Waals surface area contributed by atoms with E-state index in [1.54, 1.807) is 34.9 Å². The summed E-state index contributed by atoms with van der Waals surface area (Å²) >= 11 is 4.99. The molecule has 0 aliphatic rings. The molecule has 0 aliphatic heterocycles. The second kappa shape index (κ2) is 10.4. The lowest BCUT2D eigenvalue weighted by Crippen LogP contribution is -2.06. The Labute approximate surface area is 203 Å². The maximum absolute atomic E-state index is 4.74. The number of tetrazole rings is 1. The summed E-state index contributed by atoms with van der Waals surface area (Å²) in [6.45, 7) is 2.99. The number of fused-ring (bicyclic) bond motifs is 1. The van der Waals surface area contributed by atoms with Crippen LogP contribution in [0.2, 0.25) is 0 Å². The van der Waals surface area contributed by atoms with Crippen molar-refractivity contribution in [3.8, 4) is 5.69 Å². The van der Waals surface area contributed by atoms with E-state index in [0.29, 0.717) is 11.5 Å². The molecule has 5 rings (SSSR count). The van der Waals surface area contributed by atoms with E-state index in [1.165, 1.54) is 4.70 Å². The Morgan fingerprint density at radius 3 is 2.55 bits per heavy atom. The van der Waals surface area contributed by atoms with Crippen LogP contribution >= 0.6 is 34.9 Å². The van der Waals surface area contributed by atoms with Crippen LogP contribution < -0.4 is 0 Å². The van der Waals surface area contributed by atoms with Gasteiger partial charge in [-0.1, -0.05) is 67.2 Å². The Balaban J connectivity index is 1.36. The maximum Gasteiger partial charge on any atom is 0.196 e. The van der Waals surface area contributed by atoms with Crippen molar-refractivity contribution in [2.45, 2.75) is 47.3 Å². The second-order valence-corrected chi connectivity index (χ2v) is 10.5. The third-order valence-electron chi connectivity index (χ3n) is 4.97. The fourth-order valence-corrected chi connectivity index (χ4v) is 6.18. The lowest BCUT2D eigenvalue weighted by molar-refractivity contribution is 0.540. The van der Waals surface area contributed by atoms with Crippen LogP contribution in [0.15, 0.2) is 64.1 Å². The Morgan fingerprint density at radius 1 is 0.879 bits per heavy atom. The van der Waals surface area contributed by atoms with Crippen molar-refractivity contribution in [3.05, 3.63) is 66.2 Å². The molecule has 8 nitrogen and oxygen atoms in total. The van der Waals surface area contributed by atoms with Gasteiger partial charge < -0.3 is 0 Å². The number of benzene rings is 2. The van der Waals surface area contributed by atoms with Gasteiger partial charge in [-0.05, 0) is 41.1 Å². The van der Waals surface area contributed by atoms with Crippen molar-refractivity contribution in [2.24, 2.45) is 0 Å². The highest BCUT2D eigenvalue weighted by atomic mass is 32.2. The Morgan fingerprint density at radius 2 is 1.70 bits per heavy atom. The lowest BCUT2D eigenvalue weighted by atomic mass is 10.3. The predicted molar refractivity (Wildman–Crippen MR) is 133 cm³/mol. The van der Waals surface area contributed by atoms with E-state index in [1.807, 2.05) is 41.1 Å². The van der Waals surface area contributed by atoms with Crippen molar-refractivity contribution < 1.29 is 0 Å². The van der Waals surface area contributed by atoms with Gasteiger partial charge in [-0.3, -0.25) is 4.57 Å². The molecule has 0 N–H and O–H groups in total. The SMILES string of the molecule is CCCCn1nnnc1CSc1nnc(CSc2nc3ccccc3s2)n1-c1ccccc1. The lowest BCUT2D eigenvalue weighted by Gasteiger charge is -2.09. The van der Waals surface area contributed by atoms with Crippen LogP contribution in [0.5, 0.6) is 0 Å². The summed E-state index contributed by atoms with van der Waals surface area (Å²) < 4.78 is 6.22. The van der Waals surface area contributed by atoms with E-state index in [-0.39, 0.29) is 0 Å². The number of aromatic nitrogens is 8. The Kier molecular flexibility index (Phi) is 6.98. The number of thiazole rings is 1. The van der Waals surface area contributed by atoms with Crippen LogP contribution in [0.25, 0.3) is 15.9 Å². The maximum atomic E-state index is 4.74. The Bertz CT molecular complexity index is 1290. The predicted octanol–water partition coefficient (Wildman–Crippen LogP) is 5.25.